The van der Waals surface area contributed by atoms with Crippen LogP contribution in [0.3, 0.4) is 0 Å². The van der Waals surface area contributed by atoms with Crippen LogP contribution in [0.2, 0.25) is 0 Å². The van der Waals surface area contributed by atoms with E-state index in [4.69, 9.17) is 4.74 Å². The first kappa shape index (κ1) is 16.3. The molecule has 1 N–H and O–H groups in total. The zero-order chi connectivity index (χ0) is 16.1. The van der Waals surface area contributed by atoms with Crippen LogP contribution in [0.15, 0.2) is 24.3 Å². The molecular formula is C19H28N2O2. The lowest BCUT2D eigenvalue weighted by Gasteiger charge is -2.23. The van der Waals surface area contributed by atoms with E-state index in [2.05, 4.69) is 22.3 Å². The summed E-state index contributed by atoms with van der Waals surface area (Å²) < 4.78 is 5.61. The monoisotopic (exact) mass is 316 g/mol. The van der Waals surface area contributed by atoms with Gasteiger partial charge in [0.05, 0.1) is 6.61 Å². The molecule has 4 heteroatoms. The van der Waals surface area contributed by atoms with Crippen molar-refractivity contribution >= 4 is 17.3 Å². The highest BCUT2D eigenvalue weighted by atomic mass is 16.5. The van der Waals surface area contributed by atoms with Gasteiger partial charge in [-0.1, -0.05) is 12.8 Å². The molecular weight excluding hydrogens is 288 g/mol. The van der Waals surface area contributed by atoms with Crippen LogP contribution in [-0.4, -0.2) is 31.7 Å². The summed E-state index contributed by atoms with van der Waals surface area (Å²) in [5, 5.41) is 2.95. The fourth-order valence-electron chi connectivity index (χ4n) is 2.97. The third kappa shape index (κ3) is 4.96. The van der Waals surface area contributed by atoms with Gasteiger partial charge in [0.1, 0.15) is 6.10 Å². The minimum atomic E-state index is -0.388. The molecule has 3 rings (SSSR count). The summed E-state index contributed by atoms with van der Waals surface area (Å²) in [4.78, 5) is 14.6. The van der Waals surface area contributed by atoms with Crippen molar-refractivity contribution in [3.05, 3.63) is 24.3 Å². The van der Waals surface area contributed by atoms with Crippen LogP contribution in [0.4, 0.5) is 11.4 Å². The Morgan fingerprint density at radius 3 is 2.43 bits per heavy atom. The van der Waals surface area contributed by atoms with E-state index in [1.807, 2.05) is 19.1 Å². The van der Waals surface area contributed by atoms with Gasteiger partial charge in [0.25, 0.3) is 5.91 Å². The first-order chi connectivity index (χ1) is 11.2. The summed E-state index contributed by atoms with van der Waals surface area (Å²) in [7, 11) is 0. The van der Waals surface area contributed by atoms with Gasteiger partial charge in [0.2, 0.25) is 0 Å². The summed E-state index contributed by atoms with van der Waals surface area (Å²) in [6.07, 6.45) is 7.31. The number of carbonyl (C=O) groups excluding carboxylic acids is 1. The lowest BCUT2D eigenvalue weighted by Crippen LogP contribution is -2.28. The molecule has 1 saturated carbocycles. The summed E-state index contributed by atoms with van der Waals surface area (Å²) in [5.74, 6) is 0.617. The Balaban J connectivity index is 1.50. The molecule has 1 aliphatic heterocycles. The minimum absolute atomic E-state index is 0.0619. The van der Waals surface area contributed by atoms with Crippen molar-refractivity contribution in [1.29, 1.82) is 0 Å². The maximum absolute atomic E-state index is 12.1. The van der Waals surface area contributed by atoms with Crippen LogP contribution in [0.5, 0.6) is 0 Å². The van der Waals surface area contributed by atoms with E-state index in [0.29, 0.717) is 12.5 Å². The molecule has 0 radical (unpaired) electrons. The smallest absolute Gasteiger partial charge is 0.253 e. The predicted octanol–water partition coefficient (Wildman–Crippen LogP) is 3.82. The van der Waals surface area contributed by atoms with Crippen molar-refractivity contribution in [3.8, 4) is 0 Å². The zero-order valence-corrected chi connectivity index (χ0v) is 14.1. The molecule has 2 aliphatic rings. The van der Waals surface area contributed by atoms with Gasteiger partial charge in [-0.15, -0.1) is 0 Å². The molecule has 2 fully saturated rings. The summed E-state index contributed by atoms with van der Waals surface area (Å²) in [5.41, 5.74) is 2.10. The number of ether oxygens (including phenoxy) is 1. The fraction of sp³-hybridized carbons (Fsp3) is 0.632. The molecule has 0 bridgehead atoms. The molecule has 1 aromatic carbocycles. The molecule has 1 amide bonds. The number of anilines is 2. The van der Waals surface area contributed by atoms with Gasteiger partial charge < -0.3 is 15.0 Å². The Hall–Kier alpha value is -1.55. The van der Waals surface area contributed by atoms with Gasteiger partial charge in [-0.3, -0.25) is 4.79 Å². The number of nitrogens with one attached hydrogen (secondary N) is 1. The molecule has 1 saturated heterocycles. The van der Waals surface area contributed by atoms with E-state index in [1.54, 1.807) is 0 Å². The van der Waals surface area contributed by atoms with Gasteiger partial charge in [0, 0.05) is 24.5 Å². The molecule has 1 atom stereocenters. The molecule has 0 spiro atoms. The van der Waals surface area contributed by atoms with Crippen LogP contribution in [0.1, 0.15) is 45.4 Å². The van der Waals surface area contributed by atoms with Crippen molar-refractivity contribution in [2.24, 2.45) is 5.92 Å². The van der Waals surface area contributed by atoms with Gasteiger partial charge in [-0.2, -0.15) is 0 Å². The largest absolute Gasteiger partial charge is 0.372 e. The Bertz CT molecular complexity index is 503. The van der Waals surface area contributed by atoms with Crippen molar-refractivity contribution in [2.45, 2.75) is 51.6 Å². The normalized spacial score (nSPS) is 20.0. The highest BCUT2D eigenvalue weighted by molar-refractivity contribution is 5.94. The van der Waals surface area contributed by atoms with Crippen LogP contribution in [-0.2, 0) is 9.53 Å². The Morgan fingerprint density at radius 2 is 1.83 bits per heavy atom. The molecule has 23 heavy (non-hydrogen) atoms. The number of rotatable bonds is 6. The summed E-state index contributed by atoms with van der Waals surface area (Å²) in [6.45, 7) is 4.81. The quantitative estimate of drug-likeness (QED) is 0.867. The standard InChI is InChI=1S/C19H28N2O2/c1-15(23-14-16-6-7-16)19(22)20-17-8-10-18(11-9-17)21-12-4-2-3-5-13-21/h8-11,15-16H,2-7,12-14H2,1H3,(H,20,22)/t15-/m1/s1. The van der Waals surface area contributed by atoms with Gasteiger partial charge in [-0.05, 0) is 62.8 Å². The van der Waals surface area contributed by atoms with Crippen LogP contribution in [0.25, 0.3) is 0 Å². The third-order valence-electron chi connectivity index (χ3n) is 4.75. The SMILES string of the molecule is C[C@@H](OCC1CC1)C(=O)Nc1ccc(N2CCCCCC2)cc1. The summed E-state index contributed by atoms with van der Waals surface area (Å²) >= 11 is 0. The Kier molecular flexibility index (Phi) is 5.55. The number of benzene rings is 1. The maximum atomic E-state index is 12.1. The van der Waals surface area contributed by atoms with Gasteiger partial charge >= 0.3 is 0 Å². The van der Waals surface area contributed by atoms with Gasteiger partial charge in [0.15, 0.2) is 0 Å². The van der Waals surface area contributed by atoms with E-state index >= 15 is 0 Å². The second-order valence-corrected chi connectivity index (χ2v) is 6.86. The lowest BCUT2D eigenvalue weighted by molar-refractivity contribution is -0.126. The minimum Gasteiger partial charge on any atom is -0.372 e. The number of amides is 1. The Labute approximate surface area is 139 Å². The summed E-state index contributed by atoms with van der Waals surface area (Å²) in [6, 6.07) is 8.20. The number of nitrogens with zero attached hydrogens (tertiary/aromatic N) is 1. The van der Waals surface area contributed by atoms with E-state index in [9.17, 15) is 4.79 Å². The molecule has 1 aliphatic carbocycles. The number of hydrogen-bond donors (Lipinski definition) is 1. The Morgan fingerprint density at radius 1 is 1.17 bits per heavy atom. The number of hydrogen-bond acceptors (Lipinski definition) is 3. The van der Waals surface area contributed by atoms with Crippen LogP contribution < -0.4 is 10.2 Å². The first-order valence-electron chi connectivity index (χ1n) is 9.00. The third-order valence-corrected chi connectivity index (χ3v) is 4.75. The van der Waals surface area contributed by atoms with Crippen LogP contribution >= 0.6 is 0 Å². The molecule has 0 unspecified atom stereocenters. The molecule has 4 nitrogen and oxygen atoms in total. The van der Waals surface area contributed by atoms with Crippen LogP contribution in [0, 0.1) is 5.92 Å². The lowest BCUT2D eigenvalue weighted by atomic mass is 10.2. The average Bonchev–Trinajstić information content (AvgIpc) is 3.40. The fourth-order valence-corrected chi connectivity index (χ4v) is 2.97. The predicted molar refractivity (Wildman–Crippen MR) is 93.9 cm³/mol. The molecule has 0 aromatic heterocycles. The van der Waals surface area contributed by atoms with Crippen molar-refractivity contribution in [1.82, 2.24) is 0 Å². The number of carbonyl (C=O) groups is 1. The molecule has 126 valence electrons. The molecule has 1 aromatic rings. The highest BCUT2D eigenvalue weighted by Gasteiger charge is 2.24. The zero-order valence-electron chi connectivity index (χ0n) is 14.1. The van der Waals surface area contributed by atoms with Crippen molar-refractivity contribution in [3.63, 3.8) is 0 Å². The second-order valence-electron chi connectivity index (χ2n) is 6.86. The van der Waals surface area contributed by atoms with Crippen molar-refractivity contribution < 1.29 is 9.53 Å². The van der Waals surface area contributed by atoms with E-state index < -0.39 is 0 Å². The van der Waals surface area contributed by atoms with Crippen molar-refractivity contribution in [2.75, 3.05) is 29.9 Å². The van der Waals surface area contributed by atoms with Gasteiger partial charge in [-0.25, -0.2) is 0 Å². The van der Waals surface area contributed by atoms with E-state index in [0.717, 1.165) is 18.8 Å². The highest BCUT2D eigenvalue weighted by Crippen LogP contribution is 2.29. The maximum Gasteiger partial charge on any atom is 0.253 e. The topological polar surface area (TPSA) is 41.6 Å². The molecule has 1 heterocycles. The first-order valence-corrected chi connectivity index (χ1v) is 9.00. The van der Waals surface area contributed by atoms with E-state index in [-0.39, 0.29) is 12.0 Å². The van der Waals surface area contributed by atoms with E-state index in [1.165, 1.54) is 44.2 Å². The average molecular weight is 316 g/mol. The second kappa shape index (κ2) is 7.82.